The van der Waals surface area contributed by atoms with Crippen LogP contribution in [0.4, 0.5) is 11.4 Å². The fourth-order valence-corrected chi connectivity index (χ4v) is 2.95. The van der Waals surface area contributed by atoms with Gasteiger partial charge in [-0.3, -0.25) is 9.59 Å². The van der Waals surface area contributed by atoms with Crippen LogP contribution in [-0.4, -0.2) is 24.5 Å². The third-order valence-corrected chi connectivity index (χ3v) is 4.21. The molecule has 4 rings (SSSR count). The Kier molecular flexibility index (Phi) is 4.60. The van der Waals surface area contributed by atoms with E-state index in [1.54, 1.807) is 42.5 Å². The van der Waals surface area contributed by atoms with Gasteiger partial charge in [0.05, 0.1) is 0 Å². The fourth-order valence-electron chi connectivity index (χ4n) is 2.78. The van der Waals surface area contributed by atoms with E-state index in [1.165, 1.54) is 0 Å². The molecule has 0 unspecified atom stereocenters. The summed E-state index contributed by atoms with van der Waals surface area (Å²) < 4.78 is 16.3. The van der Waals surface area contributed by atoms with Crippen molar-refractivity contribution in [3.05, 3.63) is 48.2 Å². The van der Waals surface area contributed by atoms with E-state index < -0.39 is 5.91 Å². The Balaban J connectivity index is 1.65. The van der Waals surface area contributed by atoms with Crippen LogP contribution in [0.25, 0.3) is 11.0 Å². The number of anilines is 2. The quantitative estimate of drug-likeness (QED) is 0.647. The summed E-state index contributed by atoms with van der Waals surface area (Å²) in [7, 11) is 0. The van der Waals surface area contributed by atoms with Crippen molar-refractivity contribution >= 4 is 45.8 Å². The van der Waals surface area contributed by atoms with Crippen molar-refractivity contribution in [1.29, 1.82) is 0 Å². The molecule has 0 saturated heterocycles. The van der Waals surface area contributed by atoms with E-state index >= 15 is 0 Å². The van der Waals surface area contributed by atoms with E-state index in [0.29, 0.717) is 33.8 Å². The molecular weight excluding hydrogens is 372 g/mol. The molecule has 2 aromatic carbocycles. The summed E-state index contributed by atoms with van der Waals surface area (Å²) in [5.74, 6) is 0.566. The van der Waals surface area contributed by atoms with Crippen LogP contribution in [0.2, 0.25) is 0 Å². The van der Waals surface area contributed by atoms with E-state index in [1.807, 2.05) is 0 Å². The predicted molar refractivity (Wildman–Crippen MR) is 101 cm³/mol. The van der Waals surface area contributed by atoms with Crippen LogP contribution in [-0.2, 0) is 4.79 Å². The van der Waals surface area contributed by atoms with Crippen molar-refractivity contribution in [2.24, 2.45) is 0 Å². The Labute approximate surface area is 159 Å². The summed E-state index contributed by atoms with van der Waals surface area (Å²) in [6.45, 7) is 0.146. The minimum Gasteiger partial charge on any atom is -0.454 e. The van der Waals surface area contributed by atoms with Crippen LogP contribution >= 0.6 is 11.6 Å². The number of rotatable bonds is 5. The van der Waals surface area contributed by atoms with Crippen LogP contribution < -0.4 is 20.1 Å². The third kappa shape index (κ3) is 3.41. The molecule has 3 aromatic rings. The number of carbonyl (C=O) groups excluding carboxylic acids is 2. The molecular formula is C19H15ClN2O5. The summed E-state index contributed by atoms with van der Waals surface area (Å²) in [6.07, 6.45) is 0.129. The Morgan fingerprint density at radius 3 is 2.70 bits per heavy atom. The maximum absolute atomic E-state index is 12.8. The lowest BCUT2D eigenvalue weighted by molar-refractivity contribution is -0.115. The molecule has 27 heavy (non-hydrogen) atoms. The molecule has 2 amide bonds. The van der Waals surface area contributed by atoms with Gasteiger partial charge < -0.3 is 24.5 Å². The lowest BCUT2D eigenvalue weighted by atomic mass is 10.2. The number of hydrogen-bond acceptors (Lipinski definition) is 5. The predicted octanol–water partition coefficient (Wildman–Crippen LogP) is 3.98. The van der Waals surface area contributed by atoms with Gasteiger partial charge in [0.1, 0.15) is 11.3 Å². The van der Waals surface area contributed by atoms with Crippen molar-refractivity contribution in [2.45, 2.75) is 6.42 Å². The number of hydrogen-bond donors (Lipinski definition) is 2. The number of nitrogens with one attached hydrogen (secondary N) is 2. The standard InChI is InChI=1S/C19H15ClN2O5/c20-8-7-16(23)22-17-12-3-1-2-4-13(12)27-18(17)19(24)21-11-5-6-14-15(9-11)26-10-25-14/h1-6,9H,7-8,10H2,(H,21,24)(H,22,23). The zero-order valence-corrected chi connectivity index (χ0v) is 14.8. The zero-order valence-electron chi connectivity index (χ0n) is 14.1. The third-order valence-electron chi connectivity index (χ3n) is 4.02. The van der Waals surface area contributed by atoms with E-state index in [9.17, 15) is 9.59 Å². The van der Waals surface area contributed by atoms with E-state index in [4.69, 9.17) is 25.5 Å². The van der Waals surface area contributed by atoms with E-state index in [-0.39, 0.29) is 30.8 Å². The molecule has 1 aromatic heterocycles. The van der Waals surface area contributed by atoms with Gasteiger partial charge in [0.2, 0.25) is 18.5 Å². The molecule has 0 saturated carbocycles. The Bertz CT molecular complexity index is 1030. The summed E-state index contributed by atoms with van der Waals surface area (Å²) in [4.78, 5) is 24.8. The van der Waals surface area contributed by atoms with Gasteiger partial charge in [-0.25, -0.2) is 0 Å². The first-order chi connectivity index (χ1) is 13.2. The molecule has 138 valence electrons. The molecule has 2 heterocycles. The average molecular weight is 387 g/mol. The molecule has 0 radical (unpaired) electrons. The summed E-state index contributed by atoms with van der Waals surface area (Å²) in [5, 5.41) is 6.10. The van der Waals surface area contributed by atoms with Gasteiger partial charge in [0, 0.05) is 29.4 Å². The van der Waals surface area contributed by atoms with Gasteiger partial charge in [0.25, 0.3) is 5.91 Å². The Morgan fingerprint density at radius 2 is 1.85 bits per heavy atom. The van der Waals surface area contributed by atoms with E-state index in [0.717, 1.165) is 0 Å². The first-order valence-corrected chi connectivity index (χ1v) is 8.77. The monoisotopic (exact) mass is 386 g/mol. The van der Waals surface area contributed by atoms with E-state index in [2.05, 4.69) is 10.6 Å². The smallest absolute Gasteiger partial charge is 0.293 e. The van der Waals surface area contributed by atoms with Crippen molar-refractivity contribution < 1.29 is 23.5 Å². The maximum Gasteiger partial charge on any atom is 0.293 e. The lowest BCUT2D eigenvalue weighted by Gasteiger charge is -2.07. The topological polar surface area (TPSA) is 89.8 Å². The Hall–Kier alpha value is -3.19. The number of amides is 2. The number of para-hydroxylation sites is 1. The number of carbonyl (C=O) groups is 2. The number of halogens is 1. The highest BCUT2D eigenvalue weighted by Gasteiger charge is 2.23. The fraction of sp³-hybridized carbons (Fsp3) is 0.158. The van der Waals surface area contributed by atoms with Crippen LogP contribution in [0.3, 0.4) is 0 Å². The molecule has 7 nitrogen and oxygen atoms in total. The minimum absolute atomic E-state index is 0.0109. The molecule has 0 atom stereocenters. The van der Waals surface area contributed by atoms with Crippen LogP contribution in [0.1, 0.15) is 17.0 Å². The molecule has 1 aliphatic heterocycles. The highest BCUT2D eigenvalue weighted by Crippen LogP contribution is 2.35. The Morgan fingerprint density at radius 1 is 1.04 bits per heavy atom. The molecule has 0 aliphatic carbocycles. The molecule has 2 N–H and O–H groups in total. The molecule has 0 fully saturated rings. The van der Waals surface area contributed by atoms with Crippen molar-refractivity contribution in [3.63, 3.8) is 0 Å². The maximum atomic E-state index is 12.8. The highest BCUT2D eigenvalue weighted by molar-refractivity contribution is 6.20. The summed E-state index contributed by atoms with van der Waals surface area (Å²) in [5.41, 5.74) is 1.33. The summed E-state index contributed by atoms with van der Waals surface area (Å²) in [6, 6.07) is 12.1. The molecule has 1 aliphatic rings. The van der Waals surface area contributed by atoms with Crippen molar-refractivity contribution in [2.75, 3.05) is 23.3 Å². The largest absolute Gasteiger partial charge is 0.454 e. The number of benzene rings is 2. The van der Waals surface area contributed by atoms with Crippen molar-refractivity contribution in [1.82, 2.24) is 0 Å². The van der Waals surface area contributed by atoms with Gasteiger partial charge in [0.15, 0.2) is 11.5 Å². The number of alkyl halides is 1. The second-order valence-electron chi connectivity index (χ2n) is 5.81. The van der Waals surface area contributed by atoms with Gasteiger partial charge in [-0.05, 0) is 24.3 Å². The highest BCUT2D eigenvalue weighted by atomic mass is 35.5. The molecule has 0 bridgehead atoms. The number of fused-ring (bicyclic) bond motifs is 2. The van der Waals surface area contributed by atoms with Crippen LogP contribution in [0.5, 0.6) is 11.5 Å². The molecule has 0 spiro atoms. The first-order valence-electron chi connectivity index (χ1n) is 8.24. The first kappa shape index (κ1) is 17.2. The number of furan rings is 1. The molecule has 8 heteroatoms. The SMILES string of the molecule is O=C(CCCl)Nc1c(C(=O)Nc2ccc3c(c2)OCO3)oc2ccccc12. The zero-order chi connectivity index (χ0) is 18.8. The second-order valence-corrected chi connectivity index (χ2v) is 6.19. The van der Waals surface area contributed by atoms with Crippen LogP contribution in [0.15, 0.2) is 46.9 Å². The van der Waals surface area contributed by atoms with Gasteiger partial charge in [-0.15, -0.1) is 11.6 Å². The van der Waals surface area contributed by atoms with Gasteiger partial charge in [-0.2, -0.15) is 0 Å². The van der Waals surface area contributed by atoms with Crippen molar-refractivity contribution in [3.8, 4) is 11.5 Å². The number of ether oxygens (including phenoxy) is 2. The van der Waals surface area contributed by atoms with Gasteiger partial charge in [-0.1, -0.05) is 12.1 Å². The van der Waals surface area contributed by atoms with Gasteiger partial charge >= 0.3 is 0 Å². The second kappa shape index (κ2) is 7.20. The summed E-state index contributed by atoms with van der Waals surface area (Å²) >= 11 is 5.63. The average Bonchev–Trinajstić information content (AvgIpc) is 3.26. The normalized spacial score (nSPS) is 12.2. The minimum atomic E-state index is -0.494. The lowest BCUT2D eigenvalue weighted by Crippen LogP contribution is -2.17. The van der Waals surface area contributed by atoms with Crippen LogP contribution in [0, 0.1) is 0 Å².